The van der Waals surface area contributed by atoms with E-state index in [1.807, 2.05) is 0 Å². The molecule has 0 saturated carbocycles. The minimum absolute atomic E-state index is 0.356. The van der Waals surface area contributed by atoms with E-state index in [2.05, 4.69) is 6.26 Å². The summed E-state index contributed by atoms with van der Waals surface area (Å²) in [6, 6.07) is 0. The minimum Gasteiger partial charge on any atom is -0.484 e. The Morgan fingerprint density at radius 3 is 2.67 bits per heavy atom. The maximum Gasteiger partial charge on any atom is 0.160 e. The summed E-state index contributed by atoms with van der Waals surface area (Å²) >= 11 is 0. The number of aliphatic hydroxyl groups is 2. The van der Waals surface area contributed by atoms with Crippen LogP contribution in [-0.2, 0) is 4.74 Å². The molecule has 0 unspecified atom stereocenters. The number of rotatable bonds is 0. The Balaban J connectivity index is 2.58. The monoisotopic (exact) mass is 129 g/mol. The zero-order valence-corrected chi connectivity index (χ0v) is 5.11. The third-order valence-electron chi connectivity index (χ3n) is 1.32. The van der Waals surface area contributed by atoms with Crippen LogP contribution in [0.4, 0.5) is 0 Å². The second kappa shape index (κ2) is 2.37. The lowest BCUT2D eigenvalue weighted by molar-refractivity contribution is -0.0608. The summed E-state index contributed by atoms with van der Waals surface area (Å²) < 4.78 is 4.74. The Hall–Kier alpha value is -0.540. The molecule has 0 aromatic rings. The lowest BCUT2D eigenvalue weighted by Gasteiger charge is -2.24. The number of aliphatic hydroxyl groups excluding tert-OH is 2. The molecule has 3 heteroatoms. The van der Waals surface area contributed by atoms with Crippen molar-refractivity contribution in [2.24, 2.45) is 0 Å². The van der Waals surface area contributed by atoms with E-state index in [4.69, 9.17) is 14.9 Å². The van der Waals surface area contributed by atoms with E-state index in [1.165, 1.54) is 6.08 Å². The fourth-order valence-corrected chi connectivity index (χ4v) is 0.662. The van der Waals surface area contributed by atoms with Gasteiger partial charge in [0.1, 0.15) is 18.3 Å². The highest BCUT2D eigenvalue weighted by Crippen LogP contribution is 2.09. The Morgan fingerprint density at radius 2 is 2.22 bits per heavy atom. The average Bonchev–Trinajstić information content (AvgIpc) is 1.83. The highest BCUT2D eigenvalue weighted by molar-refractivity contribution is 4.91. The van der Waals surface area contributed by atoms with Gasteiger partial charge in [-0.25, -0.2) is 0 Å². The Kier molecular flexibility index (Phi) is 1.73. The van der Waals surface area contributed by atoms with Crippen LogP contribution in [0.2, 0.25) is 0 Å². The minimum atomic E-state index is -0.825. The normalized spacial score (nSPS) is 42.3. The van der Waals surface area contributed by atoms with E-state index in [9.17, 15) is 0 Å². The van der Waals surface area contributed by atoms with Crippen LogP contribution in [0.5, 0.6) is 0 Å². The van der Waals surface area contributed by atoms with Gasteiger partial charge in [0.05, 0.1) is 0 Å². The molecule has 9 heavy (non-hydrogen) atoms. The molecule has 0 aromatic carbocycles. The number of ether oxygens (including phenoxy) is 1. The predicted molar refractivity (Wildman–Crippen MR) is 30.4 cm³/mol. The van der Waals surface area contributed by atoms with Crippen molar-refractivity contribution in [1.82, 2.24) is 0 Å². The van der Waals surface area contributed by atoms with Crippen LogP contribution in [0.25, 0.3) is 0 Å². The van der Waals surface area contributed by atoms with Crippen molar-refractivity contribution in [3.63, 3.8) is 0 Å². The van der Waals surface area contributed by atoms with Crippen LogP contribution in [0.3, 0.4) is 0 Å². The standard InChI is InChI=1S/C6H9O3/c1-4-6(8)5(7)2-3-9-4/h2,4-8H,1H3/t4-,5-,6-/m0/s1. The molecular weight excluding hydrogens is 120 g/mol. The van der Waals surface area contributed by atoms with Gasteiger partial charge in [-0.2, -0.15) is 0 Å². The Bertz CT molecular complexity index is 121. The van der Waals surface area contributed by atoms with Gasteiger partial charge in [-0.05, 0) is 13.0 Å². The molecule has 2 N–H and O–H groups in total. The molecule has 0 spiro atoms. The largest absolute Gasteiger partial charge is 0.484 e. The maximum absolute atomic E-state index is 9.00. The van der Waals surface area contributed by atoms with Gasteiger partial charge in [-0.3, -0.25) is 0 Å². The molecule has 0 aliphatic carbocycles. The van der Waals surface area contributed by atoms with Crippen LogP contribution < -0.4 is 0 Å². The second-order valence-corrected chi connectivity index (χ2v) is 2.09. The summed E-state index contributed by atoms with van der Waals surface area (Å²) in [5.41, 5.74) is 0. The molecule has 1 rings (SSSR count). The van der Waals surface area contributed by atoms with Gasteiger partial charge < -0.3 is 14.9 Å². The van der Waals surface area contributed by atoms with Crippen molar-refractivity contribution in [3.8, 4) is 0 Å². The van der Waals surface area contributed by atoms with E-state index in [1.54, 1.807) is 6.92 Å². The fraction of sp³-hybridized carbons (Fsp3) is 0.667. The Labute approximate surface area is 53.6 Å². The highest BCUT2D eigenvalue weighted by atomic mass is 16.5. The summed E-state index contributed by atoms with van der Waals surface area (Å²) in [6.07, 6.45) is 1.68. The van der Waals surface area contributed by atoms with Crippen molar-refractivity contribution >= 4 is 0 Å². The van der Waals surface area contributed by atoms with Crippen molar-refractivity contribution in [3.05, 3.63) is 12.3 Å². The summed E-state index contributed by atoms with van der Waals surface area (Å²) in [4.78, 5) is 0. The molecule has 0 bridgehead atoms. The molecule has 0 saturated heterocycles. The Morgan fingerprint density at radius 1 is 1.56 bits per heavy atom. The molecule has 3 nitrogen and oxygen atoms in total. The van der Waals surface area contributed by atoms with Crippen molar-refractivity contribution in [2.75, 3.05) is 0 Å². The first-order chi connectivity index (χ1) is 4.22. The van der Waals surface area contributed by atoms with E-state index in [0.29, 0.717) is 0 Å². The first kappa shape index (κ1) is 6.58. The third kappa shape index (κ3) is 1.23. The van der Waals surface area contributed by atoms with Crippen LogP contribution in [0.1, 0.15) is 6.92 Å². The van der Waals surface area contributed by atoms with Crippen molar-refractivity contribution in [1.29, 1.82) is 0 Å². The van der Waals surface area contributed by atoms with E-state index >= 15 is 0 Å². The maximum atomic E-state index is 9.00. The van der Waals surface area contributed by atoms with Gasteiger partial charge >= 0.3 is 0 Å². The predicted octanol–water partition coefficient (Wildman–Crippen LogP) is -0.556. The topological polar surface area (TPSA) is 49.7 Å². The average molecular weight is 129 g/mol. The SMILES string of the molecule is C[C@@H]1O[C]=C[C@H](O)[C@H]1O. The van der Waals surface area contributed by atoms with Crippen LogP contribution in [0, 0.1) is 6.26 Å². The molecule has 51 valence electrons. The molecule has 1 heterocycles. The van der Waals surface area contributed by atoms with E-state index in [0.717, 1.165) is 0 Å². The first-order valence-electron chi connectivity index (χ1n) is 2.82. The first-order valence-corrected chi connectivity index (χ1v) is 2.82. The van der Waals surface area contributed by atoms with Gasteiger partial charge in [0, 0.05) is 0 Å². The zero-order valence-electron chi connectivity index (χ0n) is 5.11. The highest BCUT2D eigenvalue weighted by Gasteiger charge is 2.24. The van der Waals surface area contributed by atoms with Gasteiger partial charge in [0.2, 0.25) is 0 Å². The quantitative estimate of drug-likeness (QED) is 0.461. The molecule has 0 fully saturated rings. The van der Waals surface area contributed by atoms with Gasteiger partial charge in [-0.1, -0.05) is 0 Å². The van der Waals surface area contributed by atoms with Gasteiger partial charge in [-0.15, -0.1) is 0 Å². The fourth-order valence-electron chi connectivity index (χ4n) is 0.662. The number of hydrogen-bond acceptors (Lipinski definition) is 3. The van der Waals surface area contributed by atoms with Crippen LogP contribution in [-0.4, -0.2) is 28.5 Å². The smallest absolute Gasteiger partial charge is 0.160 e. The molecular formula is C6H9O3. The lowest BCUT2D eigenvalue weighted by Crippen LogP contribution is -2.38. The molecule has 0 amide bonds. The summed E-state index contributed by atoms with van der Waals surface area (Å²) in [5, 5.41) is 17.9. The summed E-state index contributed by atoms with van der Waals surface area (Å²) in [7, 11) is 0. The van der Waals surface area contributed by atoms with Gasteiger partial charge in [0.25, 0.3) is 0 Å². The van der Waals surface area contributed by atoms with Crippen molar-refractivity contribution in [2.45, 2.75) is 25.2 Å². The van der Waals surface area contributed by atoms with Gasteiger partial charge in [0.15, 0.2) is 6.26 Å². The molecule has 1 aliphatic rings. The molecule has 1 aliphatic heterocycles. The van der Waals surface area contributed by atoms with Crippen molar-refractivity contribution < 1.29 is 14.9 Å². The zero-order chi connectivity index (χ0) is 6.85. The third-order valence-corrected chi connectivity index (χ3v) is 1.32. The summed E-state index contributed by atoms with van der Waals surface area (Å²) in [5.74, 6) is 0. The molecule has 1 radical (unpaired) electrons. The molecule has 0 aromatic heterocycles. The van der Waals surface area contributed by atoms with E-state index < -0.39 is 12.2 Å². The molecule has 3 atom stereocenters. The van der Waals surface area contributed by atoms with E-state index in [-0.39, 0.29) is 6.10 Å². The summed E-state index contributed by atoms with van der Waals surface area (Å²) in [6.45, 7) is 1.67. The lowest BCUT2D eigenvalue weighted by atomic mass is 10.1. The van der Waals surface area contributed by atoms with Crippen LogP contribution in [0.15, 0.2) is 6.08 Å². The van der Waals surface area contributed by atoms with Crippen LogP contribution >= 0.6 is 0 Å². The number of hydrogen-bond donors (Lipinski definition) is 2. The second-order valence-electron chi connectivity index (χ2n) is 2.09.